The molecule has 0 bridgehead atoms. The minimum atomic E-state index is -0.799. The Morgan fingerprint density at radius 3 is 2.19 bits per heavy atom. The van der Waals surface area contributed by atoms with Crippen LogP contribution in [0.25, 0.3) is 0 Å². The summed E-state index contributed by atoms with van der Waals surface area (Å²) in [5.41, 5.74) is 1.31. The zero-order valence-electron chi connectivity index (χ0n) is 15.4. The van der Waals surface area contributed by atoms with Crippen LogP contribution in [0.1, 0.15) is 32.6 Å². The molecule has 8 nitrogen and oxygen atoms in total. The van der Waals surface area contributed by atoms with E-state index in [1.54, 1.807) is 24.3 Å². The quantitative estimate of drug-likeness (QED) is 0.557. The van der Waals surface area contributed by atoms with Gasteiger partial charge in [-0.15, -0.1) is 0 Å². The van der Waals surface area contributed by atoms with Crippen molar-refractivity contribution in [3.05, 3.63) is 24.3 Å². The lowest BCUT2D eigenvalue weighted by Gasteiger charge is -2.42. The third-order valence-electron chi connectivity index (χ3n) is 4.96. The van der Waals surface area contributed by atoms with Crippen LogP contribution >= 0.6 is 0 Å². The standard InChI is InChI=1S/C19H26N4O4/c1-12(24)20-14-4-6-15(7-5-14)21-19(27)22-16-8-17(9-16)23(11-18(25)26)10-13-2-3-13/h4-7,13,16-17H,2-3,8-11H2,1H3,(H,20,24)(H,25,26)(H2,21,22,27). The number of nitrogens with zero attached hydrogens (tertiary/aromatic N) is 1. The molecule has 0 aliphatic heterocycles. The molecule has 0 aromatic heterocycles. The Hall–Kier alpha value is -2.61. The van der Waals surface area contributed by atoms with Gasteiger partial charge >= 0.3 is 12.0 Å². The molecule has 0 atom stereocenters. The Morgan fingerprint density at radius 2 is 1.67 bits per heavy atom. The number of carbonyl (C=O) groups is 3. The number of benzene rings is 1. The Labute approximate surface area is 158 Å². The van der Waals surface area contributed by atoms with Gasteiger partial charge in [-0.2, -0.15) is 0 Å². The van der Waals surface area contributed by atoms with Crippen molar-refractivity contribution >= 4 is 29.3 Å². The predicted molar refractivity (Wildman–Crippen MR) is 102 cm³/mol. The number of carboxylic acids is 1. The summed E-state index contributed by atoms with van der Waals surface area (Å²) in [4.78, 5) is 36.2. The molecule has 4 N–H and O–H groups in total. The number of hydrogen-bond acceptors (Lipinski definition) is 4. The number of carboxylic acid groups (broad SMARTS) is 1. The lowest BCUT2D eigenvalue weighted by molar-refractivity contribution is -0.139. The van der Waals surface area contributed by atoms with Crippen LogP contribution in [-0.4, -0.2) is 53.1 Å². The highest BCUT2D eigenvalue weighted by Crippen LogP contribution is 2.33. The highest BCUT2D eigenvalue weighted by Gasteiger charge is 2.37. The summed E-state index contributed by atoms with van der Waals surface area (Å²) in [5.74, 6) is -0.306. The Morgan fingerprint density at radius 1 is 1.07 bits per heavy atom. The fourth-order valence-corrected chi connectivity index (χ4v) is 3.35. The summed E-state index contributed by atoms with van der Waals surface area (Å²) in [7, 11) is 0. The minimum absolute atomic E-state index is 0.0594. The Bertz CT molecular complexity index is 696. The van der Waals surface area contributed by atoms with Crippen molar-refractivity contribution in [1.82, 2.24) is 10.2 Å². The third-order valence-corrected chi connectivity index (χ3v) is 4.96. The predicted octanol–water partition coefficient (Wildman–Crippen LogP) is 2.09. The molecule has 2 saturated carbocycles. The van der Waals surface area contributed by atoms with Crippen molar-refractivity contribution in [1.29, 1.82) is 0 Å². The second-order valence-corrected chi connectivity index (χ2v) is 7.45. The molecule has 0 unspecified atom stereocenters. The Balaban J connectivity index is 1.41. The van der Waals surface area contributed by atoms with Crippen LogP contribution in [0.15, 0.2) is 24.3 Å². The highest BCUT2D eigenvalue weighted by atomic mass is 16.4. The smallest absolute Gasteiger partial charge is 0.319 e. The number of anilines is 2. The summed E-state index contributed by atoms with van der Waals surface area (Å²) in [6.45, 7) is 2.35. The van der Waals surface area contributed by atoms with Crippen LogP contribution in [0.4, 0.5) is 16.2 Å². The van der Waals surface area contributed by atoms with Crippen molar-refractivity contribution in [3.8, 4) is 0 Å². The lowest BCUT2D eigenvalue weighted by Crippen LogP contribution is -2.55. The minimum Gasteiger partial charge on any atom is -0.480 e. The van der Waals surface area contributed by atoms with Crippen LogP contribution in [-0.2, 0) is 9.59 Å². The first-order valence-corrected chi connectivity index (χ1v) is 9.30. The van der Waals surface area contributed by atoms with Crippen LogP contribution in [0.2, 0.25) is 0 Å². The topological polar surface area (TPSA) is 111 Å². The number of amides is 3. The first-order chi connectivity index (χ1) is 12.9. The molecule has 0 saturated heterocycles. The Kier molecular flexibility index (Phi) is 5.95. The molecule has 27 heavy (non-hydrogen) atoms. The van der Waals surface area contributed by atoms with E-state index in [9.17, 15) is 14.4 Å². The molecule has 2 aliphatic carbocycles. The molecule has 1 aromatic carbocycles. The largest absolute Gasteiger partial charge is 0.480 e. The maximum absolute atomic E-state index is 12.1. The van der Waals surface area contributed by atoms with E-state index < -0.39 is 5.97 Å². The molecule has 8 heteroatoms. The van der Waals surface area contributed by atoms with Gasteiger partial charge in [0.05, 0.1) is 6.54 Å². The summed E-state index contributed by atoms with van der Waals surface area (Å²) in [6.07, 6.45) is 3.92. The van der Waals surface area contributed by atoms with E-state index in [1.165, 1.54) is 19.8 Å². The molecule has 3 amide bonds. The first kappa shape index (κ1) is 19.2. The van der Waals surface area contributed by atoms with Gasteiger partial charge in [-0.25, -0.2) is 4.79 Å². The monoisotopic (exact) mass is 374 g/mol. The maximum Gasteiger partial charge on any atom is 0.319 e. The van der Waals surface area contributed by atoms with Crippen LogP contribution in [0.5, 0.6) is 0 Å². The summed E-state index contributed by atoms with van der Waals surface area (Å²) in [5, 5.41) is 17.4. The van der Waals surface area contributed by atoms with Gasteiger partial charge in [0.2, 0.25) is 5.91 Å². The van der Waals surface area contributed by atoms with Crippen molar-refractivity contribution < 1.29 is 19.5 Å². The van der Waals surface area contributed by atoms with E-state index in [2.05, 4.69) is 16.0 Å². The highest BCUT2D eigenvalue weighted by molar-refractivity contribution is 5.91. The zero-order valence-corrected chi connectivity index (χ0v) is 15.4. The van der Waals surface area contributed by atoms with Crippen LogP contribution < -0.4 is 16.0 Å². The number of hydrogen-bond donors (Lipinski definition) is 4. The second-order valence-electron chi connectivity index (χ2n) is 7.45. The lowest BCUT2D eigenvalue weighted by atomic mass is 9.85. The van der Waals surface area contributed by atoms with E-state index in [1.807, 2.05) is 4.90 Å². The van der Waals surface area contributed by atoms with E-state index in [4.69, 9.17) is 5.11 Å². The van der Waals surface area contributed by atoms with Crippen LogP contribution in [0, 0.1) is 5.92 Å². The molecule has 2 aliphatic rings. The number of urea groups is 1. The van der Waals surface area contributed by atoms with E-state index in [0.717, 1.165) is 19.4 Å². The summed E-state index contributed by atoms with van der Waals surface area (Å²) < 4.78 is 0. The average Bonchev–Trinajstić information content (AvgIpc) is 3.35. The fourth-order valence-electron chi connectivity index (χ4n) is 3.35. The first-order valence-electron chi connectivity index (χ1n) is 9.30. The number of rotatable bonds is 8. The summed E-state index contributed by atoms with van der Waals surface area (Å²) >= 11 is 0. The van der Waals surface area contributed by atoms with Gasteiger partial charge in [0, 0.05) is 36.9 Å². The maximum atomic E-state index is 12.1. The van der Waals surface area contributed by atoms with Gasteiger partial charge in [-0.3, -0.25) is 14.5 Å². The zero-order chi connectivity index (χ0) is 19.4. The van der Waals surface area contributed by atoms with Gasteiger partial charge in [0.25, 0.3) is 0 Å². The van der Waals surface area contributed by atoms with Crippen molar-refractivity contribution in [3.63, 3.8) is 0 Å². The van der Waals surface area contributed by atoms with E-state index in [-0.39, 0.29) is 30.6 Å². The van der Waals surface area contributed by atoms with Gasteiger partial charge in [0.1, 0.15) is 0 Å². The SMILES string of the molecule is CC(=O)Nc1ccc(NC(=O)NC2CC(N(CC(=O)O)CC3CC3)C2)cc1. The molecule has 146 valence electrons. The van der Waals surface area contributed by atoms with E-state index in [0.29, 0.717) is 17.3 Å². The van der Waals surface area contributed by atoms with Crippen LogP contribution in [0.3, 0.4) is 0 Å². The van der Waals surface area contributed by atoms with Gasteiger partial charge in [-0.1, -0.05) is 0 Å². The van der Waals surface area contributed by atoms with Crippen molar-refractivity contribution in [2.75, 3.05) is 23.7 Å². The molecule has 3 rings (SSSR count). The molecule has 0 spiro atoms. The number of carbonyl (C=O) groups excluding carboxylic acids is 2. The fraction of sp³-hybridized carbons (Fsp3) is 0.526. The van der Waals surface area contributed by atoms with Crippen molar-refractivity contribution in [2.24, 2.45) is 5.92 Å². The average molecular weight is 374 g/mol. The van der Waals surface area contributed by atoms with Crippen molar-refractivity contribution in [2.45, 2.75) is 44.7 Å². The normalized spacial score (nSPS) is 21.3. The molecular formula is C19H26N4O4. The third kappa shape index (κ3) is 5.96. The molecule has 2 fully saturated rings. The molecular weight excluding hydrogens is 348 g/mol. The van der Waals surface area contributed by atoms with Gasteiger partial charge < -0.3 is 21.1 Å². The molecule has 1 aromatic rings. The number of nitrogens with one attached hydrogen (secondary N) is 3. The molecule has 0 radical (unpaired) electrons. The molecule has 0 heterocycles. The van der Waals surface area contributed by atoms with Gasteiger partial charge in [0.15, 0.2) is 0 Å². The number of aliphatic carboxylic acids is 1. The van der Waals surface area contributed by atoms with E-state index >= 15 is 0 Å². The van der Waals surface area contributed by atoms with Gasteiger partial charge in [-0.05, 0) is 55.9 Å². The summed E-state index contributed by atoms with van der Waals surface area (Å²) in [6, 6.07) is 6.89. The second kappa shape index (κ2) is 8.39.